The standard InChI is InChI=1S/C20H33N/c1-5-8-17-11-13-18(14-12-17)16(4)21-20-10-7-6-9-19(20)15(2)3/h11-16,19-21H,5-10H2,1-4H3. The van der Waals surface area contributed by atoms with E-state index >= 15 is 0 Å². The first kappa shape index (κ1) is 16.5. The normalized spacial score (nSPS) is 24.2. The Morgan fingerprint density at radius 2 is 1.71 bits per heavy atom. The third kappa shape index (κ3) is 4.57. The first-order valence-electron chi connectivity index (χ1n) is 8.96. The number of nitrogens with one attached hydrogen (secondary N) is 1. The monoisotopic (exact) mass is 287 g/mol. The summed E-state index contributed by atoms with van der Waals surface area (Å²) in [7, 11) is 0. The molecule has 1 heteroatoms. The van der Waals surface area contributed by atoms with Crippen molar-refractivity contribution in [2.75, 3.05) is 0 Å². The largest absolute Gasteiger partial charge is 0.307 e. The topological polar surface area (TPSA) is 12.0 Å². The maximum absolute atomic E-state index is 3.92. The van der Waals surface area contributed by atoms with Gasteiger partial charge in [-0.25, -0.2) is 0 Å². The van der Waals surface area contributed by atoms with Gasteiger partial charge < -0.3 is 5.32 Å². The van der Waals surface area contributed by atoms with Crippen LogP contribution in [0.4, 0.5) is 0 Å². The highest BCUT2D eigenvalue weighted by Crippen LogP contribution is 2.31. The number of rotatable bonds is 6. The highest BCUT2D eigenvalue weighted by atomic mass is 15.0. The van der Waals surface area contributed by atoms with Crippen LogP contribution in [0.5, 0.6) is 0 Å². The molecule has 1 aliphatic rings. The fraction of sp³-hybridized carbons (Fsp3) is 0.700. The number of hydrogen-bond donors (Lipinski definition) is 1. The van der Waals surface area contributed by atoms with Gasteiger partial charge >= 0.3 is 0 Å². The predicted octanol–water partition coefficient (Wildman–Crippen LogP) is 5.50. The number of aryl methyl sites for hydroxylation is 1. The van der Waals surface area contributed by atoms with Crippen molar-refractivity contribution < 1.29 is 0 Å². The lowest BCUT2D eigenvalue weighted by Gasteiger charge is -2.37. The molecule has 0 bridgehead atoms. The SMILES string of the molecule is CCCc1ccc(C(C)NC2CCCCC2C(C)C)cc1. The molecule has 0 aromatic heterocycles. The molecule has 1 nitrogen and oxygen atoms in total. The summed E-state index contributed by atoms with van der Waals surface area (Å²) in [5.41, 5.74) is 2.90. The molecular weight excluding hydrogens is 254 g/mol. The third-order valence-electron chi connectivity index (χ3n) is 5.16. The zero-order valence-electron chi connectivity index (χ0n) is 14.4. The quantitative estimate of drug-likeness (QED) is 0.728. The van der Waals surface area contributed by atoms with Crippen LogP contribution in [0.1, 0.15) is 77.0 Å². The van der Waals surface area contributed by atoms with Crippen molar-refractivity contribution in [3.05, 3.63) is 35.4 Å². The predicted molar refractivity (Wildman–Crippen MR) is 92.6 cm³/mol. The molecule has 1 N–H and O–H groups in total. The Balaban J connectivity index is 1.97. The maximum atomic E-state index is 3.92. The van der Waals surface area contributed by atoms with Crippen molar-refractivity contribution in [3.63, 3.8) is 0 Å². The van der Waals surface area contributed by atoms with Crippen LogP contribution in [0.3, 0.4) is 0 Å². The molecule has 1 saturated carbocycles. The summed E-state index contributed by atoms with van der Waals surface area (Å²) in [6.45, 7) is 9.33. The molecule has 0 radical (unpaired) electrons. The van der Waals surface area contributed by atoms with Gasteiger partial charge in [0.05, 0.1) is 0 Å². The van der Waals surface area contributed by atoms with Crippen molar-refractivity contribution >= 4 is 0 Å². The van der Waals surface area contributed by atoms with Crippen LogP contribution in [0.25, 0.3) is 0 Å². The molecule has 0 saturated heterocycles. The van der Waals surface area contributed by atoms with E-state index in [1.807, 2.05) is 0 Å². The first-order chi connectivity index (χ1) is 10.1. The van der Waals surface area contributed by atoms with E-state index < -0.39 is 0 Å². The van der Waals surface area contributed by atoms with Crippen molar-refractivity contribution in [2.45, 2.75) is 78.3 Å². The summed E-state index contributed by atoms with van der Waals surface area (Å²) in [5.74, 6) is 1.64. The number of hydrogen-bond acceptors (Lipinski definition) is 1. The van der Waals surface area contributed by atoms with E-state index in [2.05, 4.69) is 57.3 Å². The summed E-state index contributed by atoms with van der Waals surface area (Å²) in [4.78, 5) is 0. The van der Waals surface area contributed by atoms with Gasteiger partial charge in [-0.3, -0.25) is 0 Å². The minimum atomic E-state index is 0.463. The van der Waals surface area contributed by atoms with Crippen molar-refractivity contribution in [1.82, 2.24) is 5.32 Å². The van der Waals surface area contributed by atoms with Crippen LogP contribution >= 0.6 is 0 Å². The molecule has 0 aliphatic heterocycles. The molecule has 0 amide bonds. The fourth-order valence-corrected chi connectivity index (χ4v) is 3.84. The van der Waals surface area contributed by atoms with Gasteiger partial charge in [0.15, 0.2) is 0 Å². The molecule has 1 aliphatic carbocycles. The lowest BCUT2D eigenvalue weighted by Crippen LogP contribution is -2.42. The third-order valence-corrected chi connectivity index (χ3v) is 5.16. The maximum Gasteiger partial charge on any atom is 0.0294 e. The van der Waals surface area contributed by atoms with E-state index in [1.54, 1.807) is 0 Å². The van der Waals surface area contributed by atoms with Gasteiger partial charge in [-0.1, -0.05) is 64.3 Å². The van der Waals surface area contributed by atoms with Crippen LogP contribution < -0.4 is 5.32 Å². The summed E-state index contributed by atoms with van der Waals surface area (Å²) in [6, 6.07) is 10.4. The summed E-state index contributed by atoms with van der Waals surface area (Å²) >= 11 is 0. The Bertz CT molecular complexity index is 406. The molecule has 0 spiro atoms. The zero-order chi connectivity index (χ0) is 15.2. The van der Waals surface area contributed by atoms with Crippen LogP contribution in [0.2, 0.25) is 0 Å². The molecule has 3 atom stereocenters. The second-order valence-electron chi connectivity index (χ2n) is 7.18. The molecular formula is C20H33N. The summed E-state index contributed by atoms with van der Waals surface area (Å²) in [5, 5.41) is 3.92. The van der Waals surface area contributed by atoms with Crippen molar-refractivity contribution in [2.24, 2.45) is 11.8 Å². The Kier molecular flexibility index (Phi) is 6.29. The molecule has 3 unspecified atom stereocenters. The smallest absolute Gasteiger partial charge is 0.0294 e. The lowest BCUT2D eigenvalue weighted by molar-refractivity contribution is 0.195. The molecule has 1 aromatic carbocycles. The minimum absolute atomic E-state index is 0.463. The fourth-order valence-electron chi connectivity index (χ4n) is 3.84. The van der Waals surface area contributed by atoms with Gasteiger partial charge in [-0.2, -0.15) is 0 Å². The zero-order valence-corrected chi connectivity index (χ0v) is 14.4. The Morgan fingerprint density at radius 1 is 1.05 bits per heavy atom. The van der Waals surface area contributed by atoms with E-state index in [0.29, 0.717) is 12.1 Å². The van der Waals surface area contributed by atoms with Crippen molar-refractivity contribution in [1.29, 1.82) is 0 Å². The number of benzene rings is 1. The molecule has 21 heavy (non-hydrogen) atoms. The van der Waals surface area contributed by atoms with E-state index in [4.69, 9.17) is 0 Å². The summed E-state index contributed by atoms with van der Waals surface area (Å²) in [6.07, 6.45) is 7.98. The summed E-state index contributed by atoms with van der Waals surface area (Å²) < 4.78 is 0. The van der Waals surface area contributed by atoms with Crippen LogP contribution in [0, 0.1) is 11.8 Å². The van der Waals surface area contributed by atoms with Gasteiger partial charge in [0, 0.05) is 12.1 Å². The van der Waals surface area contributed by atoms with Crippen LogP contribution in [-0.2, 0) is 6.42 Å². The Hall–Kier alpha value is -0.820. The van der Waals surface area contributed by atoms with E-state index in [1.165, 1.54) is 49.7 Å². The van der Waals surface area contributed by atoms with Gasteiger partial charge in [-0.05, 0) is 49.1 Å². The first-order valence-corrected chi connectivity index (χ1v) is 8.96. The minimum Gasteiger partial charge on any atom is -0.307 e. The second-order valence-corrected chi connectivity index (χ2v) is 7.18. The Morgan fingerprint density at radius 3 is 2.33 bits per heavy atom. The highest BCUT2D eigenvalue weighted by Gasteiger charge is 2.28. The van der Waals surface area contributed by atoms with Gasteiger partial charge in [0.2, 0.25) is 0 Å². The van der Waals surface area contributed by atoms with Gasteiger partial charge in [0.1, 0.15) is 0 Å². The molecule has 1 aromatic rings. The average Bonchev–Trinajstić information content (AvgIpc) is 2.48. The van der Waals surface area contributed by atoms with Crippen LogP contribution in [-0.4, -0.2) is 6.04 Å². The Labute approximate surface area is 131 Å². The van der Waals surface area contributed by atoms with E-state index in [-0.39, 0.29) is 0 Å². The van der Waals surface area contributed by atoms with E-state index in [9.17, 15) is 0 Å². The molecule has 118 valence electrons. The second kappa shape index (κ2) is 7.98. The highest BCUT2D eigenvalue weighted by molar-refractivity contribution is 5.25. The van der Waals surface area contributed by atoms with Crippen molar-refractivity contribution in [3.8, 4) is 0 Å². The van der Waals surface area contributed by atoms with Crippen LogP contribution in [0.15, 0.2) is 24.3 Å². The molecule has 1 fully saturated rings. The molecule has 2 rings (SSSR count). The lowest BCUT2D eigenvalue weighted by atomic mass is 9.77. The van der Waals surface area contributed by atoms with Gasteiger partial charge in [-0.15, -0.1) is 0 Å². The van der Waals surface area contributed by atoms with Gasteiger partial charge in [0.25, 0.3) is 0 Å². The average molecular weight is 287 g/mol. The molecule has 0 heterocycles. The van der Waals surface area contributed by atoms with E-state index in [0.717, 1.165) is 11.8 Å².